The summed E-state index contributed by atoms with van der Waals surface area (Å²) in [5.74, 6) is 0.864. The van der Waals surface area contributed by atoms with Gasteiger partial charge in [-0.1, -0.05) is 84.0 Å². The van der Waals surface area contributed by atoms with Crippen molar-refractivity contribution in [3.05, 3.63) is 83.0 Å². The third-order valence-corrected chi connectivity index (χ3v) is 5.36. The standard InChI is InChI=1S/C22H23ClN4OS/c1-16(18-11-7-4-8-12-18)24-21(28)15-29-22-25-19(23)13-20(26-22)27(2)14-17-9-5-3-6-10-17/h3-13,16H,14-15H2,1-2H3,(H,24,28). The van der Waals surface area contributed by atoms with Crippen molar-refractivity contribution in [3.8, 4) is 0 Å². The fraction of sp³-hybridized carbons (Fsp3) is 0.227. The van der Waals surface area contributed by atoms with Crippen LogP contribution in [0.25, 0.3) is 0 Å². The Hall–Kier alpha value is -2.57. The first-order valence-corrected chi connectivity index (χ1v) is 10.6. The summed E-state index contributed by atoms with van der Waals surface area (Å²) < 4.78 is 0. The van der Waals surface area contributed by atoms with Crippen molar-refractivity contribution in [1.29, 1.82) is 0 Å². The molecular formula is C22H23ClN4OS. The number of nitrogens with zero attached hydrogens (tertiary/aromatic N) is 3. The second-order valence-electron chi connectivity index (χ2n) is 6.66. The summed E-state index contributed by atoms with van der Waals surface area (Å²) in [6.07, 6.45) is 0. The topological polar surface area (TPSA) is 58.1 Å². The normalized spacial score (nSPS) is 11.7. The number of benzene rings is 2. The lowest BCUT2D eigenvalue weighted by molar-refractivity contribution is -0.119. The highest BCUT2D eigenvalue weighted by Crippen LogP contribution is 2.22. The Balaban J connectivity index is 1.58. The van der Waals surface area contributed by atoms with Crippen LogP contribution in [0.15, 0.2) is 71.9 Å². The van der Waals surface area contributed by atoms with E-state index in [1.807, 2.05) is 67.4 Å². The predicted octanol–water partition coefficient (Wildman–Crippen LogP) is 4.74. The molecule has 150 valence electrons. The molecule has 0 fully saturated rings. The number of thioether (sulfide) groups is 1. The molecule has 0 spiro atoms. The number of carbonyl (C=O) groups is 1. The van der Waals surface area contributed by atoms with E-state index >= 15 is 0 Å². The number of hydrogen-bond acceptors (Lipinski definition) is 5. The summed E-state index contributed by atoms with van der Waals surface area (Å²) in [6, 6.07) is 21.7. The largest absolute Gasteiger partial charge is 0.355 e. The van der Waals surface area contributed by atoms with Crippen LogP contribution in [0.2, 0.25) is 5.15 Å². The zero-order valence-electron chi connectivity index (χ0n) is 16.4. The number of nitrogens with one attached hydrogen (secondary N) is 1. The number of halogens is 1. The number of rotatable bonds is 8. The van der Waals surface area contributed by atoms with Gasteiger partial charge in [-0.2, -0.15) is 0 Å². The van der Waals surface area contributed by atoms with Gasteiger partial charge in [0.15, 0.2) is 5.16 Å². The molecule has 1 unspecified atom stereocenters. The molecular weight excluding hydrogens is 404 g/mol. The molecule has 1 amide bonds. The van der Waals surface area contributed by atoms with E-state index in [4.69, 9.17) is 11.6 Å². The second-order valence-corrected chi connectivity index (χ2v) is 7.99. The smallest absolute Gasteiger partial charge is 0.230 e. The molecule has 0 bridgehead atoms. The maximum Gasteiger partial charge on any atom is 0.230 e. The average molecular weight is 427 g/mol. The molecule has 3 rings (SSSR count). The SMILES string of the molecule is CC(NC(=O)CSc1nc(Cl)cc(N(C)Cc2ccccc2)n1)c1ccccc1. The predicted molar refractivity (Wildman–Crippen MR) is 119 cm³/mol. The minimum atomic E-state index is -0.0749. The number of amides is 1. The third kappa shape index (κ3) is 6.48. The van der Waals surface area contributed by atoms with Crippen LogP contribution < -0.4 is 10.2 Å². The molecule has 1 atom stereocenters. The first-order chi connectivity index (χ1) is 14.0. The summed E-state index contributed by atoms with van der Waals surface area (Å²) in [6.45, 7) is 2.66. The van der Waals surface area contributed by atoms with Gasteiger partial charge in [-0.25, -0.2) is 9.97 Å². The summed E-state index contributed by atoms with van der Waals surface area (Å²) in [4.78, 5) is 23.1. The summed E-state index contributed by atoms with van der Waals surface area (Å²) in [5, 5.41) is 3.83. The van der Waals surface area contributed by atoms with Crippen molar-refractivity contribution in [3.63, 3.8) is 0 Å². The van der Waals surface area contributed by atoms with E-state index in [1.54, 1.807) is 6.07 Å². The van der Waals surface area contributed by atoms with Crippen molar-refractivity contribution in [1.82, 2.24) is 15.3 Å². The molecule has 1 N–H and O–H groups in total. The number of aromatic nitrogens is 2. The molecule has 0 radical (unpaired) electrons. The molecule has 2 aromatic carbocycles. The van der Waals surface area contributed by atoms with Gasteiger partial charge in [-0.05, 0) is 18.1 Å². The van der Waals surface area contributed by atoms with Gasteiger partial charge in [0, 0.05) is 19.7 Å². The lowest BCUT2D eigenvalue weighted by Gasteiger charge is -2.19. The number of carbonyl (C=O) groups excluding carboxylic acids is 1. The van der Waals surface area contributed by atoms with Gasteiger partial charge in [0.05, 0.1) is 11.8 Å². The Bertz CT molecular complexity index is 940. The van der Waals surface area contributed by atoms with E-state index in [-0.39, 0.29) is 17.7 Å². The van der Waals surface area contributed by atoms with Gasteiger partial charge >= 0.3 is 0 Å². The van der Waals surface area contributed by atoms with E-state index < -0.39 is 0 Å². The highest BCUT2D eigenvalue weighted by molar-refractivity contribution is 7.99. The minimum Gasteiger partial charge on any atom is -0.355 e. The lowest BCUT2D eigenvalue weighted by Crippen LogP contribution is -2.28. The Morgan fingerprint density at radius 2 is 1.76 bits per heavy atom. The maximum atomic E-state index is 12.3. The first kappa shape index (κ1) is 21.1. The summed E-state index contributed by atoms with van der Waals surface area (Å²) in [5.41, 5.74) is 2.24. The first-order valence-electron chi connectivity index (χ1n) is 9.28. The molecule has 7 heteroatoms. The van der Waals surface area contributed by atoms with Crippen LogP contribution in [0.5, 0.6) is 0 Å². The second kappa shape index (κ2) is 10.3. The van der Waals surface area contributed by atoms with E-state index in [0.29, 0.717) is 16.9 Å². The summed E-state index contributed by atoms with van der Waals surface area (Å²) in [7, 11) is 1.95. The lowest BCUT2D eigenvalue weighted by atomic mass is 10.1. The molecule has 5 nitrogen and oxygen atoms in total. The number of hydrogen-bond donors (Lipinski definition) is 1. The zero-order valence-corrected chi connectivity index (χ0v) is 18.0. The Labute approximate surface area is 180 Å². The van der Waals surface area contributed by atoms with Gasteiger partial charge in [0.25, 0.3) is 0 Å². The van der Waals surface area contributed by atoms with Crippen LogP contribution >= 0.6 is 23.4 Å². The molecule has 29 heavy (non-hydrogen) atoms. The van der Waals surface area contributed by atoms with Crippen molar-refractivity contribution in [2.75, 3.05) is 17.7 Å². The van der Waals surface area contributed by atoms with Crippen LogP contribution in [0.4, 0.5) is 5.82 Å². The van der Waals surface area contributed by atoms with Crippen molar-refractivity contribution >= 4 is 35.1 Å². The molecule has 3 aromatic rings. The van der Waals surface area contributed by atoms with Crippen LogP contribution in [-0.4, -0.2) is 28.7 Å². The van der Waals surface area contributed by atoms with Crippen molar-refractivity contribution < 1.29 is 4.79 Å². The fourth-order valence-corrected chi connectivity index (χ4v) is 3.71. The van der Waals surface area contributed by atoms with Crippen LogP contribution in [0.3, 0.4) is 0 Å². The van der Waals surface area contributed by atoms with E-state index in [9.17, 15) is 4.79 Å². The Morgan fingerprint density at radius 1 is 1.10 bits per heavy atom. The maximum absolute atomic E-state index is 12.3. The van der Waals surface area contributed by atoms with Gasteiger partial charge < -0.3 is 10.2 Å². The third-order valence-electron chi connectivity index (χ3n) is 4.32. The van der Waals surface area contributed by atoms with E-state index in [0.717, 1.165) is 11.4 Å². The van der Waals surface area contributed by atoms with Gasteiger partial charge in [0.1, 0.15) is 11.0 Å². The molecule has 0 saturated heterocycles. The Morgan fingerprint density at radius 3 is 2.45 bits per heavy atom. The van der Waals surface area contributed by atoms with Crippen LogP contribution in [0.1, 0.15) is 24.1 Å². The van der Waals surface area contributed by atoms with Gasteiger partial charge in [-0.15, -0.1) is 0 Å². The summed E-state index contributed by atoms with van der Waals surface area (Å²) >= 11 is 7.46. The molecule has 1 heterocycles. The van der Waals surface area contributed by atoms with E-state index in [2.05, 4.69) is 27.4 Å². The molecule has 0 aliphatic heterocycles. The van der Waals surface area contributed by atoms with Gasteiger partial charge in [-0.3, -0.25) is 4.79 Å². The monoisotopic (exact) mass is 426 g/mol. The minimum absolute atomic E-state index is 0.0582. The van der Waals surface area contributed by atoms with Crippen molar-refractivity contribution in [2.45, 2.75) is 24.7 Å². The van der Waals surface area contributed by atoms with Gasteiger partial charge in [0.2, 0.25) is 5.91 Å². The van der Waals surface area contributed by atoms with Crippen molar-refractivity contribution in [2.24, 2.45) is 0 Å². The number of anilines is 1. The molecule has 0 aliphatic rings. The molecule has 0 saturated carbocycles. The highest BCUT2D eigenvalue weighted by Gasteiger charge is 2.13. The quantitative estimate of drug-likeness (QED) is 0.320. The van der Waals surface area contributed by atoms with Crippen LogP contribution in [-0.2, 0) is 11.3 Å². The molecule has 0 aliphatic carbocycles. The van der Waals surface area contributed by atoms with E-state index in [1.165, 1.54) is 17.3 Å². The zero-order chi connectivity index (χ0) is 20.6. The molecule has 1 aromatic heterocycles. The fourth-order valence-electron chi connectivity index (χ4n) is 2.82. The highest BCUT2D eigenvalue weighted by atomic mass is 35.5. The van der Waals surface area contributed by atoms with Crippen LogP contribution in [0, 0.1) is 0 Å². The Kier molecular flexibility index (Phi) is 7.49. The average Bonchev–Trinajstić information content (AvgIpc) is 2.73.